The Hall–Kier alpha value is -4.96. The summed E-state index contributed by atoms with van der Waals surface area (Å²) in [6.45, 7) is 0.458. The SMILES string of the molecule is COc1ccc(C(=O)CN2C/C(=C/c3ccc([N+](=O)[O-])cc3)C(=O)/C(=C\c3ccc([N+](=O)[O-])cc3)C2)cc1. The molecule has 38 heavy (non-hydrogen) atoms. The van der Waals surface area contributed by atoms with E-state index in [-0.39, 0.29) is 42.6 Å². The van der Waals surface area contributed by atoms with Gasteiger partial charge in [0.25, 0.3) is 11.4 Å². The van der Waals surface area contributed by atoms with Gasteiger partial charge >= 0.3 is 0 Å². The van der Waals surface area contributed by atoms with Crippen LogP contribution in [0.2, 0.25) is 0 Å². The highest BCUT2D eigenvalue weighted by Crippen LogP contribution is 2.24. The molecule has 3 aromatic carbocycles. The van der Waals surface area contributed by atoms with Crippen LogP contribution in [-0.2, 0) is 4.79 Å². The van der Waals surface area contributed by atoms with Crippen molar-refractivity contribution >= 4 is 35.1 Å². The Labute approximate surface area is 217 Å². The fourth-order valence-corrected chi connectivity index (χ4v) is 4.08. The number of rotatable bonds is 8. The number of nitro groups is 2. The molecule has 192 valence electrons. The van der Waals surface area contributed by atoms with E-state index in [0.29, 0.717) is 33.6 Å². The van der Waals surface area contributed by atoms with Crippen LogP contribution in [0.25, 0.3) is 12.2 Å². The Balaban J connectivity index is 1.64. The van der Waals surface area contributed by atoms with Crippen LogP contribution in [0.1, 0.15) is 21.5 Å². The molecule has 0 bridgehead atoms. The number of benzene rings is 3. The molecule has 0 aromatic heterocycles. The first-order valence-corrected chi connectivity index (χ1v) is 11.6. The number of likely N-dealkylation sites (tertiary alicyclic amines) is 1. The number of hydrogen-bond acceptors (Lipinski definition) is 8. The average Bonchev–Trinajstić information content (AvgIpc) is 2.91. The van der Waals surface area contributed by atoms with Crippen molar-refractivity contribution in [2.45, 2.75) is 0 Å². The number of ketones is 2. The van der Waals surface area contributed by atoms with Gasteiger partial charge in [0, 0.05) is 54.1 Å². The molecule has 10 nitrogen and oxygen atoms in total. The summed E-state index contributed by atoms with van der Waals surface area (Å²) in [4.78, 5) is 49.2. The van der Waals surface area contributed by atoms with Crippen molar-refractivity contribution in [1.82, 2.24) is 4.90 Å². The Morgan fingerprint density at radius 2 is 1.26 bits per heavy atom. The number of hydrogen-bond donors (Lipinski definition) is 0. The molecule has 0 unspecified atom stereocenters. The summed E-state index contributed by atoms with van der Waals surface area (Å²) in [6.07, 6.45) is 3.31. The smallest absolute Gasteiger partial charge is 0.269 e. The number of nitro benzene ring substituents is 2. The van der Waals surface area contributed by atoms with E-state index in [1.54, 1.807) is 67.8 Å². The molecular weight excluding hydrogens is 490 g/mol. The van der Waals surface area contributed by atoms with Gasteiger partial charge in [-0.2, -0.15) is 0 Å². The van der Waals surface area contributed by atoms with Crippen molar-refractivity contribution in [1.29, 1.82) is 0 Å². The molecule has 1 heterocycles. The molecule has 3 aromatic rings. The lowest BCUT2D eigenvalue weighted by Crippen LogP contribution is -2.40. The molecule has 0 radical (unpaired) electrons. The van der Waals surface area contributed by atoms with Crippen LogP contribution >= 0.6 is 0 Å². The molecule has 1 saturated heterocycles. The van der Waals surface area contributed by atoms with E-state index in [2.05, 4.69) is 0 Å². The normalized spacial score (nSPS) is 16.0. The Morgan fingerprint density at radius 1 is 0.816 bits per heavy atom. The van der Waals surface area contributed by atoms with Crippen molar-refractivity contribution in [3.8, 4) is 5.75 Å². The topological polar surface area (TPSA) is 133 Å². The van der Waals surface area contributed by atoms with Crippen LogP contribution in [0.4, 0.5) is 11.4 Å². The van der Waals surface area contributed by atoms with E-state index in [0.717, 1.165) is 0 Å². The van der Waals surface area contributed by atoms with Gasteiger partial charge in [0.2, 0.25) is 0 Å². The maximum Gasteiger partial charge on any atom is 0.269 e. The quantitative estimate of drug-likeness (QED) is 0.182. The summed E-state index contributed by atoms with van der Waals surface area (Å²) >= 11 is 0. The largest absolute Gasteiger partial charge is 0.497 e. The molecule has 0 N–H and O–H groups in total. The van der Waals surface area contributed by atoms with E-state index >= 15 is 0 Å². The minimum Gasteiger partial charge on any atom is -0.497 e. The van der Waals surface area contributed by atoms with Crippen LogP contribution in [0.5, 0.6) is 5.75 Å². The second-order valence-electron chi connectivity index (χ2n) is 8.66. The molecule has 0 aliphatic carbocycles. The molecule has 1 aliphatic heterocycles. The first kappa shape index (κ1) is 26.1. The van der Waals surface area contributed by atoms with Gasteiger partial charge in [-0.15, -0.1) is 0 Å². The van der Waals surface area contributed by atoms with Crippen molar-refractivity contribution in [2.75, 3.05) is 26.7 Å². The number of piperidine rings is 1. The predicted molar refractivity (Wildman–Crippen MR) is 141 cm³/mol. The van der Waals surface area contributed by atoms with Gasteiger partial charge in [-0.05, 0) is 71.8 Å². The van der Waals surface area contributed by atoms with Crippen molar-refractivity contribution in [3.63, 3.8) is 0 Å². The summed E-state index contributed by atoms with van der Waals surface area (Å²) in [6, 6.07) is 18.4. The lowest BCUT2D eigenvalue weighted by molar-refractivity contribution is -0.385. The Kier molecular flexibility index (Phi) is 7.83. The van der Waals surface area contributed by atoms with Crippen LogP contribution in [0, 0.1) is 20.2 Å². The fraction of sp³-hybridized carbons (Fsp3) is 0.143. The summed E-state index contributed by atoms with van der Waals surface area (Å²) in [5.74, 6) is 0.271. The van der Waals surface area contributed by atoms with E-state index in [1.165, 1.54) is 24.3 Å². The van der Waals surface area contributed by atoms with E-state index in [1.807, 2.05) is 4.90 Å². The standard InChI is InChI=1S/C28H23N3O7/c1-38-26-12-6-21(7-13-26)27(32)18-29-16-22(14-19-2-8-24(9-3-19)30(34)35)28(33)23(17-29)15-20-4-10-25(11-5-20)31(36)37/h2-15H,16-18H2,1H3/b22-14-,23-15-. The molecular formula is C28H23N3O7. The van der Waals surface area contributed by atoms with Gasteiger partial charge in [0.1, 0.15) is 5.75 Å². The number of methoxy groups -OCH3 is 1. The van der Waals surface area contributed by atoms with E-state index in [9.17, 15) is 29.8 Å². The van der Waals surface area contributed by atoms with Gasteiger partial charge < -0.3 is 4.74 Å². The third-order valence-corrected chi connectivity index (χ3v) is 6.04. The lowest BCUT2D eigenvalue weighted by Gasteiger charge is -2.29. The van der Waals surface area contributed by atoms with Crippen LogP contribution in [-0.4, -0.2) is 53.1 Å². The van der Waals surface area contributed by atoms with Crippen molar-refractivity contribution < 1.29 is 24.2 Å². The summed E-state index contributed by atoms with van der Waals surface area (Å²) in [5.41, 5.74) is 2.43. The van der Waals surface area contributed by atoms with Gasteiger partial charge in [-0.25, -0.2) is 0 Å². The maximum atomic E-state index is 13.4. The van der Waals surface area contributed by atoms with Gasteiger partial charge in [0.15, 0.2) is 11.6 Å². The number of Topliss-reactive ketones (excluding diaryl/α,β-unsaturated/α-hetero) is 2. The second kappa shape index (κ2) is 11.4. The minimum atomic E-state index is -0.500. The molecule has 1 aliphatic rings. The molecule has 0 atom stereocenters. The van der Waals surface area contributed by atoms with Gasteiger partial charge in [-0.3, -0.25) is 34.7 Å². The highest BCUT2D eigenvalue weighted by atomic mass is 16.6. The number of non-ortho nitro benzene ring substituents is 2. The first-order chi connectivity index (χ1) is 18.2. The third-order valence-electron chi connectivity index (χ3n) is 6.04. The predicted octanol–water partition coefficient (Wildman–Crippen LogP) is 4.75. The molecule has 0 saturated carbocycles. The molecule has 10 heteroatoms. The minimum absolute atomic E-state index is 0.0504. The van der Waals surface area contributed by atoms with Crippen LogP contribution in [0.15, 0.2) is 83.9 Å². The molecule has 1 fully saturated rings. The lowest BCUT2D eigenvalue weighted by atomic mass is 9.93. The average molecular weight is 514 g/mol. The molecule has 0 amide bonds. The van der Waals surface area contributed by atoms with Crippen LogP contribution < -0.4 is 4.74 Å². The first-order valence-electron chi connectivity index (χ1n) is 11.6. The summed E-state index contributed by atoms with van der Waals surface area (Å²) in [7, 11) is 1.54. The van der Waals surface area contributed by atoms with Gasteiger partial charge in [0.05, 0.1) is 23.5 Å². The maximum absolute atomic E-state index is 13.4. The summed E-state index contributed by atoms with van der Waals surface area (Å²) in [5, 5.41) is 21.9. The molecule has 4 rings (SSSR count). The fourth-order valence-electron chi connectivity index (χ4n) is 4.08. The zero-order valence-electron chi connectivity index (χ0n) is 20.4. The Bertz CT molecular complexity index is 1360. The van der Waals surface area contributed by atoms with Gasteiger partial charge in [-0.1, -0.05) is 0 Å². The zero-order valence-corrected chi connectivity index (χ0v) is 20.4. The second-order valence-corrected chi connectivity index (χ2v) is 8.66. The van der Waals surface area contributed by atoms with Crippen molar-refractivity contribution in [3.05, 3.63) is 121 Å². The number of nitrogens with zero attached hydrogens (tertiary/aromatic N) is 3. The Morgan fingerprint density at radius 3 is 1.66 bits per heavy atom. The third kappa shape index (κ3) is 6.23. The van der Waals surface area contributed by atoms with Crippen LogP contribution in [0.3, 0.4) is 0 Å². The van der Waals surface area contributed by atoms with Crippen molar-refractivity contribution in [2.24, 2.45) is 0 Å². The number of carbonyl (C=O) groups is 2. The highest BCUT2D eigenvalue weighted by Gasteiger charge is 2.28. The number of carbonyl (C=O) groups excluding carboxylic acids is 2. The molecule has 0 spiro atoms. The zero-order chi connectivity index (χ0) is 27.2. The monoisotopic (exact) mass is 513 g/mol. The van der Waals surface area contributed by atoms with E-state index < -0.39 is 9.85 Å². The summed E-state index contributed by atoms with van der Waals surface area (Å²) < 4.78 is 5.14. The van der Waals surface area contributed by atoms with E-state index in [4.69, 9.17) is 4.74 Å². The number of ether oxygens (including phenoxy) is 1. The highest BCUT2D eigenvalue weighted by molar-refractivity contribution is 6.14.